The van der Waals surface area contributed by atoms with Gasteiger partial charge in [-0.15, -0.1) is 0 Å². The zero-order valence-corrected chi connectivity index (χ0v) is 12.4. The summed E-state index contributed by atoms with van der Waals surface area (Å²) in [5.41, 5.74) is -0.996. The maximum atomic E-state index is 12.2. The molecular formula is C14H18N2O5. The number of hydrogen-bond acceptors (Lipinski definition) is 5. The van der Waals surface area contributed by atoms with E-state index in [1.807, 2.05) is 0 Å². The predicted octanol–water partition coefficient (Wildman–Crippen LogP) is 1.97. The highest BCUT2D eigenvalue weighted by molar-refractivity contribution is 6.01. The molecule has 1 aromatic carbocycles. The highest BCUT2D eigenvalue weighted by Crippen LogP contribution is 2.21. The zero-order chi connectivity index (χ0) is 16.2. The van der Waals surface area contributed by atoms with Gasteiger partial charge in [0.05, 0.1) is 11.5 Å². The van der Waals surface area contributed by atoms with E-state index in [2.05, 4.69) is 5.32 Å². The molecule has 0 spiro atoms. The van der Waals surface area contributed by atoms with E-state index < -0.39 is 22.3 Å². The Kier molecular flexibility index (Phi) is 5.02. The van der Waals surface area contributed by atoms with Gasteiger partial charge in [-0.25, -0.2) is 4.79 Å². The third-order valence-corrected chi connectivity index (χ3v) is 2.81. The van der Waals surface area contributed by atoms with E-state index in [0.29, 0.717) is 5.56 Å². The summed E-state index contributed by atoms with van der Waals surface area (Å²) in [4.78, 5) is 34.3. The van der Waals surface area contributed by atoms with Crippen LogP contribution in [-0.4, -0.2) is 28.9 Å². The van der Waals surface area contributed by atoms with Crippen molar-refractivity contribution in [2.75, 3.05) is 6.61 Å². The molecule has 7 nitrogen and oxygen atoms in total. The van der Waals surface area contributed by atoms with Crippen molar-refractivity contribution in [2.45, 2.75) is 33.2 Å². The summed E-state index contributed by atoms with van der Waals surface area (Å²) in [7, 11) is 0. The van der Waals surface area contributed by atoms with Crippen LogP contribution in [0.25, 0.3) is 0 Å². The van der Waals surface area contributed by atoms with Crippen molar-refractivity contribution in [3.05, 3.63) is 39.4 Å². The number of nitrogens with zero attached hydrogens (tertiary/aromatic N) is 1. The minimum Gasteiger partial charge on any atom is -0.464 e. The number of ether oxygens (including phenoxy) is 1. The summed E-state index contributed by atoms with van der Waals surface area (Å²) in [5.74, 6) is -1.30. The lowest BCUT2D eigenvalue weighted by molar-refractivity contribution is -0.385. The van der Waals surface area contributed by atoms with E-state index in [1.54, 1.807) is 19.9 Å². The number of benzene rings is 1. The molecule has 0 fully saturated rings. The molecule has 0 unspecified atom stereocenters. The first-order chi connectivity index (χ1) is 9.69. The van der Waals surface area contributed by atoms with Crippen LogP contribution in [0, 0.1) is 17.0 Å². The normalized spacial score (nSPS) is 10.9. The Hall–Kier alpha value is -2.44. The van der Waals surface area contributed by atoms with Crippen LogP contribution in [0.3, 0.4) is 0 Å². The number of esters is 1. The molecule has 0 saturated heterocycles. The second kappa shape index (κ2) is 6.34. The SMILES string of the molecule is CCOC(=O)C(C)(C)NC(=O)c1ccc(C)cc1[N+](=O)[O-]. The number of carbonyl (C=O) groups is 2. The molecule has 1 rings (SSSR count). The topological polar surface area (TPSA) is 98.5 Å². The Bertz CT molecular complexity index is 581. The summed E-state index contributed by atoms with van der Waals surface area (Å²) in [6.45, 7) is 6.48. The molecule has 114 valence electrons. The number of rotatable bonds is 5. The van der Waals surface area contributed by atoms with Crippen molar-refractivity contribution < 1.29 is 19.2 Å². The summed E-state index contributed by atoms with van der Waals surface area (Å²) in [6, 6.07) is 4.27. The van der Waals surface area contributed by atoms with Crippen LogP contribution in [0.5, 0.6) is 0 Å². The maximum absolute atomic E-state index is 12.2. The average molecular weight is 294 g/mol. The number of nitro benzene ring substituents is 1. The first-order valence-electron chi connectivity index (χ1n) is 6.43. The molecule has 1 amide bonds. The van der Waals surface area contributed by atoms with Crippen LogP contribution >= 0.6 is 0 Å². The van der Waals surface area contributed by atoms with Crippen LogP contribution in [0.15, 0.2) is 18.2 Å². The standard InChI is InChI=1S/C14H18N2O5/c1-5-21-13(18)14(3,4)15-12(17)10-7-6-9(2)8-11(10)16(19)20/h6-8H,5H2,1-4H3,(H,15,17). The van der Waals surface area contributed by atoms with Gasteiger partial charge in [-0.3, -0.25) is 14.9 Å². The Morgan fingerprint density at radius 3 is 2.52 bits per heavy atom. The average Bonchev–Trinajstić information content (AvgIpc) is 2.38. The van der Waals surface area contributed by atoms with Gasteiger partial charge in [-0.05, 0) is 39.3 Å². The lowest BCUT2D eigenvalue weighted by atomic mass is 10.0. The van der Waals surface area contributed by atoms with Crippen molar-refractivity contribution in [2.24, 2.45) is 0 Å². The van der Waals surface area contributed by atoms with Crippen LogP contribution in [0.4, 0.5) is 5.69 Å². The quantitative estimate of drug-likeness (QED) is 0.508. The number of nitrogens with one attached hydrogen (secondary N) is 1. The lowest BCUT2D eigenvalue weighted by Crippen LogP contribution is -2.50. The molecule has 0 bridgehead atoms. The second-order valence-corrected chi connectivity index (χ2v) is 5.08. The Morgan fingerprint density at radius 2 is 2.00 bits per heavy atom. The minimum atomic E-state index is -1.27. The first kappa shape index (κ1) is 16.6. The lowest BCUT2D eigenvalue weighted by Gasteiger charge is -2.23. The fourth-order valence-electron chi connectivity index (χ4n) is 1.70. The van der Waals surface area contributed by atoms with Crippen LogP contribution < -0.4 is 5.32 Å². The van der Waals surface area contributed by atoms with Crippen LogP contribution in [-0.2, 0) is 9.53 Å². The minimum absolute atomic E-state index is 0.0945. The Morgan fingerprint density at radius 1 is 1.38 bits per heavy atom. The van der Waals surface area contributed by atoms with E-state index in [-0.39, 0.29) is 17.9 Å². The predicted molar refractivity (Wildman–Crippen MR) is 76.0 cm³/mol. The molecule has 1 N–H and O–H groups in total. The summed E-state index contributed by atoms with van der Waals surface area (Å²) < 4.78 is 4.85. The van der Waals surface area contributed by atoms with Gasteiger partial charge in [-0.1, -0.05) is 6.07 Å². The molecule has 7 heteroatoms. The molecule has 0 heterocycles. The van der Waals surface area contributed by atoms with Crippen molar-refractivity contribution in [3.63, 3.8) is 0 Å². The monoisotopic (exact) mass is 294 g/mol. The maximum Gasteiger partial charge on any atom is 0.331 e. The van der Waals surface area contributed by atoms with E-state index in [0.717, 1.165) is 0 Å². The van der Waals surface area contributed by atoms with Crippen LogP contribution in [0.1, 0.15) is 36.7 Å². The molecule has 0 radical (unpaired) electrons. The van der Waals surface area contributed by atoms with E-state index >= 15 is 0 Å². The van der Waals surface area contributed by atoms with E-state index in [1.165, 1.54) is 26.0 Å². The fraction of sp³-hybridized carbons (Fsp3) is 0.429. The van der Waals surface area contributed by atoms with Gasteiger partial charge < -0.3 is 10.1 Å². The molecule has 0 aliphatic rings. The third kappa shape index (κ3) is 4.01. The highest BCUT2D eigenvalue weighted by atomic mass is 16.6. The molecule has 0 aromatic heterocycles. The molecular weight excluding hydrogens is 276 g/mol. The number of nitro groups is 1. The summed E-state index contributed by atoms with van der Waals surface area (Å²) in [6.07, 6.45) is 0. The van der Waals surface area contributed by atoms with Gasteiger partial charge >= 0.3 is 5.97 Å². The Balaban J connectivity index is 3.05. The van der Waals surface area contributed by atoms with Gasteiger partial charge in [0.25, 0.3) is 11.6 Å². The fourth-order valence-corrected chi connectivity index (χ4v) is 1.70. The molecule has 21 heavy (non-hydrogen) atoms. The number of hydrogen-bond donors (Lipinski definition) is 1. The summed E-state index contributed by atoms with van der Waals surface area (Å²) >= 11 is 0. The van der Waals surface area contributed by atoms with Crippen molar-refractivity contribution in [1.82, 2.24) is 5.32 Å². The third-order valence-electron chi connectivity index (χ3n) is 2.81. The van der Waals surface area contributed by atoms with Crippen molar-refractivity contribution in [3.8, 4) is 0 Å². The number of aryl methyl sites for hydroxylation is 1. The van der Waals surface area contributed by atoms with Gasteiger partial charge in [-0.2, -0.15) is 0 Å². The Labute approximate surface area is 122 Å². The zero-order valence-electron chi connectivity index (χ0n) is 12.4. The molecule has 0 aliphatic heterocycles. The van der Waals surface area contributed by atoms with Gasteiger partial charge in [0.15, 0.2) is 0 Å². The van der Waals surface area contributed by atoms with E-state index in [4.69, 9.17) is 4.74 Å². The van der Waals surface area contributed by atoms with Crippen molar-refractivity contribution in [1.29, 1.82) is 0 Å². The largest absolute Gasteiger partial charge is 0.464 e. The molecule has 1 aromatic rings. The van der Waals surface area contributed by atoms with E-state index in [9.17, 15) is 19.7 Å². The highest BCUT2D eigenvalue weighted by Gasteiger charge is 2.33. The number of amides is 1. The smallest absolute Gasteiger partial charge is 0.331 e. The first-order valence-corrected chi connectivity index (χ1v) is 6.43. The van der Waals surface area contributed by atoms with Gasteiger partial charge in [0, 0.05) is 6.07 Å². The summed E-state index contributed by atoms with van der Waals surface area (Å²) in [5, 5.41) is 13.5. The van der Waals surface area contributed by atoms with Crippen molar-refractivity contribution >= 4 is 17.6 Å². The van der Waals surface area contributed by atoms with Gasteiger partial charge in [0.1, 0.15) is 11.1 Å². The van der Waals surface area contributed by atoms with Gasteiger partial charge in [0.2, 0.25) is 0 Å². The molecule has 0 saturated carbocycles. The van der Waals surface area contributed by atoms with Crippen LogP contribution in [0.2, 0.25) is 0 Å². The number of carbonyl (C=O) groups excluding carboxylic acids is 2. The second-order valence-electron chi connectivity index (χ2n) is 5.08. The molecule has 0 atom stereocenters. The molecule has 0 aliphatic carbocycles.